The standard InChI is InChI=1S/C23H20N6OS/c24-9-10-28-22(30)17-8-4-5-15(11-17)14-31-23-19(13-26)20(16-6-2-1-3-7-16)18(12-25)21(27)29-23/h1-8,11H,9-10,14,24H2,(H2,27,29)(H,28,30). The SMILES string of the molecule is N#Cc1c(N)nc(SCc2cccc(C(=O)NCCN)c2)c(C#N)c1-c1ccccc1. The van der Waals surface area contributed by atoms with Crippen molar-refractivity contribution < 1.29 is 4.79 Å². The molecule has 8 heteroatoms. The number of nitriles is 2. The van der Waals surface area contributed by atoms with Gasteiger partial charge in [0, 0.05) is 30.0 Å². The lowest BCUT2D eigenvalue weighted by atomic mass is 9.97. The Hall–Kier alpha value is -3.85. The van der Waals surface area contributed by atoms with Crippen LogP contribution in [0.2, 0.25) is 0 Å². The van der Waals surface area contributed by atoms with Crippen LogP contribution < -0.4 is 16.8 Å². The van der Waals surface area contributed by atoms with Crippen LogP contribution in [0.3, 0.4) is 0 Å². The highest BCUT2D eigenvalue weighted by atomic mass is 32.2. The second-order valence-corrected chi connectivity index (χ2v) is 7.51. The Balaban J connectivity index is 1.93. The van der Waals surface area contributed by atoms with E-state index in [0.717, 1.165) is 11.1 Å². The molecule has 0 saturated carbocycles. The van der Waals surface area contributed by atoms with Gasteiger partial charge in [-0.05, 0) is 23.3 Å². The molecule has 0 aliphatic rings. The van der Waals surface area contributed by atoms with Gasteiger partial charge in [-0.3, -0.25) is 4.79 Å². The quantitative estimate of drug-likeness (QED) is 0.491. The molecule has 7 nitrogen and oxygen atoms in total. The molecule has 3 rings (SSSR count). The molecule has 2 aromatic carbocycles. The van der Waals surface area contributed by atoms with Gasteiger partial charge in [-0.2, -0.15) is 10.5 Å². The Morgan fingerprint density at radius 2 is 1.81 bits per heavy atom. The van der Waals surface area contributed by atoms with Gasteiger partial charge in [-0.15, -0.1) is 11.8 Å². The molecule has 0 radical (unpaired) electrons. The minimum absolute atomic E-state index is 0.0813. The highest BCUT2D eigenvalue weighted by Crippen LogP contribution is 2.36. The van der Waals surface area contributed by atoms with Gasteiger partial charge >= 0.3 is 0 Å². The van der Waals surface area contributed by atoms with E-state index in [1.54, 1.807) is 18.2 Å². The number of carbonyl (C=O) groups is 1. The number of carbonyl (C=O) groups excluding carboxylic acids is 1. The number of aromatic nitrogens is 1. The van der Waals surface area contributed by atoms with Crippen molar-refractivity contribution in [2.24, 2.45) is 5.73 Å². The second kappa shape index (κ2) is 10.3. The number of nitrogens with zero attached hydrogens (tertiary/aromatic N) is 3. The third-order valence-corrected chi connectivity index (χ3v) is 5.52. The molecule has 1 aromatic heterocycles. The van der Waals surface area contributed by atoms with E-state index in [9.17, 15) is 15.3 Å². The number of pyridine rings is 1. The Morgan fingerprint density at radius 1 is 1.06 bits per heavy atom. The van der Waals surface area contributed by atoms with Gasteiger partial charge in [-0.1, -0.05) is 42.5 Å². The van der Waals surface area contributed by atoms with Crippen molar-refractivity contribution in [1.29, 1.82) is 10.5 Å². The van der Waals surface area contributed by atoms with Crippen molar-refractivity contribution in [3.63, 3.8) is 0 Å². The number of amides is 1. The molecule has 0 bridgehead atoms. The van der Waals surface area contributed by atoms with E-state index in [1.165, 1.54) is 11.8 Å². The van der Waals surface area contributed by atoms with Crippen LogP contribution in [0.4, 0.5) is 5.82 Å². The van der Waals surface area contributed by atoms with Gasteiger partial charge in [0.15, 0.2) is 0 Å². The summed E-state index contributed by atoms with van der Waals surface area (Å²) in [6, 6.07) is 20.7. The summed E-state index contributed by atoms with van der Waals surface area (Å²) < 4.78 is 0. The summed E-state index contributed by atoms with van der Waals surface area (Å²) in [4.78, 5) is 16.5. The number of anilines is 1. The summed E-state index contributed by atoms with van der Waals surface area (Å²) >= 11 is 1.33. The fraction of sp³-hybridized carbons (Fsp3) is 0.130. The molecule has 0 atom stereocenters. The van der Waals surface area contributed by atoms with E-state index < -0.39 is 0 Å². The first-order valence-electron chi connectivity index (χ1n) is 9.48. The monoisotopic (exact) mass is 428 g/mol. The van der Waals surface area contributed by atoms with Crippen LogP contribution in [0, 0.1) is 22.7 Å². The van der Waals surface area contributed by atoms with E-state index in [-0.39, 0.29) is 17.3 Å². The fourth-order valence-electron chi connectivity index (χ4n) is 3.04. The average Bonchev–Trinajstić information content (AvgIpc) is 2.81. The number of hydrogen-bond acceptors (Lipinski definition) is 7. The summed E-state index contributed by atoms with van der Waals surface area (Å²) in [5.41, 5.74) is 14.6. The van der Waals surface area contributed by atoms with E-state index in [2.05, 4.69) is 22.4 Å². The number of nitrogens with two attached hydrogens (primary N) is 2. The van der Waals surface area contributed by atoms with Crippen molar-refractivity contribution >= 4 is 23.5 Å². The maximum atomic E-state index is 12.2. The van der Waals surface area contributed by atoms with Crippen molar-refractivity contribution in [3.05, 3.63) is 76.9 Å². The van der Waals surface area contributed by atoms with E-state index >= 15 is 0 Å². The second-order valence-electron chi connectivity index (χ2n) is 6.55. The number of nitrogens with one attached hydrogen (secondary N) is 1. The smallest absolute Gasteiger partial charge is 0.251 e. The topological polar surface area (TPSA) is 142 Å². The minimum atomic E-state index is -0.192. The van der Waals surface area contributed by atoms with Crippen LogP contribution in [0.25, 0.3) is 11.1 Å². The Morgan fingerprint density at radius 3 is 2.48 bits per heavy atom. The van der Waals surface area contributed by atoms with Crippen molar-refractivity contribution in [3.8, 4) is 23.3 Å². The summed E-state index contributed by atoms with van der Waals surface area (Å²) in [5.74, 6) is 0.360. The van der Waals surface area contributed by atoms with E-state index in [1.807, 2.05) is 36.4 Å². The fourth-order valence-corrected chi connectivity index (χ4v) is 3.98. The van der Waals surface area contributed by atoms with Gasteiger partial charge in [0.1, 0.15) is 28.5 Å². The predicted molar refractivity (Wildman–Crippen MR) is 121 cm³/mol. The van der Waals surface area contributed by atoms with Crippen molar-refractivity contribution in [2.75, 3.05) is 18.8 Å². The molecule has 5 N–H and O–H groups in total. The zero-order valence-electron chi connectivity index (χ0n) is 16.6. The van der Waals surface area contributed by atoms with Gasteiger partial charge < -0.3 is 16.8 Å². The van der Waals surface area contributed by atoms with Gasteiger partial charge in [-0.25, -0.2) is 4.98 Å². The van der Waals surface area contributed by atoms with Crippen LogP contribution in [-0.2, 0) is 5.75 Å². The first kappa shape index (κ1) is 21.8. The van der Waals surface area contributed by atoms with E-state index in [4.69, 9.17) is 11.5 Å². The molecule has 0 saturated heterocycles. The molecule has 0 spiro atoms. The number of benzene rings is 2. The zero-order valence-corrected chi connectivity index (χ0v) is 17.4. The van der Waals surface area contributed by atoms with Crippen molar-refractivity contribution in [1.82, 2.24) is 10.3 Å². The molecule has 1 heterocycles. The van der Waals surface area contributed by atoms with Crippen LogP contribution in [0.5, 0.6) is 0 Å². The summed E-state index contributed by atoms with van der Waals surface area (Å²) in [6.45, 7) is 0.772. The van der Waals surface area contributed by atoms with Crippen LogP contribution in [-0.4, -0.2) is 24.0 Å². The minimum Gasteiger partial charge on any atom is -0.383 e. The maximum absolute atomic E-state index is 12.2. The van der Waals surface area contributed by atoms with Crippen LogP contribution in [0.1, 0.15) is 27.0 Å². The molecule has 0 aliphatic heterocycles. The molecule has 154 valence electrons. The van der Waals surface area contributed by atoms with Crippen LogP contribution >= 0.6 is 11.8 Å². The molecular weight excluding hydrogens is 408 g/mol. The van der Waals surface area contributed by atoms with Gasteiger partial charge in [0.05, 0.1) is 5.56 Å². The number of rotatable bonds is 7. The van der Waals surface area contributed by atoms with E-state index in [0.29, 0.717) is 40.6 Å². The molecule has 1 amide bonds. The van der Waals surface area contributed by atoms with Crippen molar-refractivity contribution in [2.45, 2.75) is 10.8 Å². The summed E-state index contributed by atoms with van der Waals surface area (Å²) in [7, 11) is 0. The van der Waals surface area contributed by atoms with Gasteiger partial charge in [0.2, 0.25) is 0 Å². The molecule has 31 heavy (non-hydrogen) atoms. The summed E-state index contributed by atoms with van der Waals surface area (Å²) in [6.07, 6.45) is 0. The normalized spacial score (nSPS) is 10.2. The average molecular weight is 429 g/mol. The maximum Gasteiger partial charge on any atom is 0.251 e. The molecule has 0 fully saturated rings. The van der Waals surface area contributed by atoms with Gasteiger partial charge in [0.25, 0.3) is 5.91 Å². The number of hydrogen-bond donors (Lipinski definition) is 3. The third-order valence-electron chi connectivity index (χ3n) is 4.47. The molecule has 3 aromatic rings. The number of thioether (sulfide) groups is 1. The van der Waals surface area contributed by atoms with Crippen LogP contribution in [0.15, 0.2) is 59.6 Å². The largest absolute Gasteiger partial charge is 0.383 e. The first-order chi connectivity index (χ1) is 15.1. The third kappa shape index (κ3) is 5.01. The molecule has 0 unspecified atom stereocenters. The lowest BCUT2D eigenvalue weighted by Gasteiger charge is -2.13. The Bertz CT molecular complexity index is 1180. The lowest BCUT2D eigenvalue weighted by Crippen LogP contribution is -2.28. The summed E-state index contributed by atoms with van der Waals surface area (Å²) in [5, 5.41) is 22.6. The Labute approximate surface area is 184 Å². The highest BCUT2D eigenvalue weighted by molar-refractivity contribution is 7.98. The number of nitrogen functional groups attached to an aromatic ring is 1. The predicted octanol–water partition coefficient (Wildman–Crippen LogP) is 3.05. The Kier molecular flexibility index (Phi) is 7.23. The zero-order chi connectivity index (χ0) is 22.2. The lowest BCUT2D eigenvalue weighted by molar-refractivity contribution is 0.0954. The molecular formula is C23H20N6OS. The highest BCUT2D eigenvalue weighted by Gasteiger charge is 2.20. The molecule has 0 aliphatic carbocycles. The first-order valence-corrected chi connectivity index (χ1v) is 10.5.